The van der Waals surface area contributed by atoms with Gasteiger partial charge in [-0.2, -0.15) is 4.52 Å². The van der Waals surface area contributed by atoms with Crippen LogP contribution in [0.25, 0.3) is 5.78 Å². The summed E-state index contributed by atoms with van der Waals surface area (Å²) in [4.78, 5) is 21.6. The van der Waals surface area contributed by atoms with Crippen LogP contribution < -0.4 is 5.56 Å². The number of nitrogens with one attached hydrogen (secondary N) is 1. The number of hydrogen-bond donors (Lipinski definition) is 1. The van der Waals surface area contributed by atoms with E-state index >= 15 is 0 Å². The average molecular weight is 359 g/mol. The first-order valence-corrected chi connectivity index (χ1v) is 8.21. The lowest BCUT2D eigenvalue weighted by Crippen LogP contribution is -2.26. The predicted octanol–water partition coefficient (Wildman–Crippen LogP) is 3.04. The summed E-state index contributed by atoms with van der Waals surface area (Å²) in [6.07, 6.45) is 5.54. The van der Waals surface area contributed by atoms with Crippen molar-refractivity contribution in [1.82, 2.24) is 19.6 Å². The Hall–Kier alpha value is -1.95. The standard InChI is InChI=1S/C16H15BrN4O/c17-12-6-1-3-10(7-12)8-13-14(11-4-2-5-11)20-16-18-9-19-21(16)15(13)22/h1,3,6-7,9,11H,2,4-5,8H2,(H,18,19,20). The molecule has 0 bridgehead atoms. The molecular formula is C16H15BrN4O. The Morgan fingerprint density at radius 2 is 2.23 bits per heavy atom. The molecule has 1 saturated carbocycles. The number of hydrogen-bond acceptors (Lipinski definition) is 3. The third-order valence-corrected chi connectivity index (χ3v) is 4.81. The lowest BCUT2D eigenvalue weighted by Gasteiger charge is -2.26. The van der Waals surface area contributed by atoms with Gasteiger partial charge in [0.2, 0.25) is 0 Å². The van der Waals surface area contributed by atoms with Crippen LogP contribution >= 0.6 is 15.9 Å². The summed E-state index contributed by atoms with van der Waals surface area (Å²) in [5.74, 6) is 0.862. The molecular weight excluding hydrogens is 344 g/mol. The molecule has 1 aromatic carbocycles. The molecule has 0 saturated heterocycles. The molecule has 1 fully saturated rings. The van der Waals surface area contributed by atoms with E-state index in [1.54, 1.807) is 0 Å². The average Bonchev–Trinajstić information content (AvgIpc) is 2.90. The van der Waals surface area contributed by atoms with E-state index in [0.717, 1.165) is 34.1 Å². The maximum absolute atomic E-state index is 12.8. The summed E-state index contributed by atoms with van der Waals surface area (Å²) < 4.78 is 2.45. The Bertz CT molecular complexity index is 895. The molecule has 0 aliphatic heterocycles. The summed E-state index contributed by atoms with van der Waals surface area (Å²) in [5.41, 5.74) is 2.78. The van der Waals surface area contributed by atoms with Crippen molar-refractivity contribution >= 4 is 21.7 Å². The quantitative estimate of drug-likeness (QED) is 0.782. The van der Waals surface area contributed by atoms with Gasteiger partial charge in [-0.3, -0.25) is 9.89 Å². The van der Waals surface area contributed by atoms with Gasteiger partial charge in [0.25, 0.3) is 11.3 Å². The number of fused-ring (bicyclic) bond motifs is 1. The molecule has 5 nitrogen and oxygen atoms in total. The summed E-state index contributed by atoms with van der Waals surface area (Å²) in [6.45, 7) is 0. The third-order valence-electron chi connectivity index (χ3n) is 4.32. The van der Waals surface area contributed by atoms with Crippen LogP contribution in [0.3, 0.4) is 0 Å². The summed E-state index contributed by atoms with van der Waals surface area (Å²) >= 11 is 3.48. The molecule has 0 amide bonds. The molecule has 6 heteroatoms. The van der Waals surface area contributed by atoms with Crippen molar-refractivity contribution in [3.8, 4) is 0 Å². The van der Waals surface area contributed by atoms with E-state index in [1.807, 2.05) is 24.3 Å². The van der Waals surface area contributed by atoms with Crippen LogP contribution in [0.5, 0.6) is 0 Å². The van der Waals surface area contributed by atoms with E-state index in [2.05, 4.69) is 31.0 Å². The van der Waals surface area contributed by atoms with Crippen LogP contribution in [0, 0.1) is 0 Å². The molecule has 0 radical (unpaired) electrons. The van der Waals surface area contributed by atoms with Crippen LogP contribution in [0.1, 0.15) is 42.0 Å². The summed E-state index contributed by atoms with van der Waals surface area (Å²) in [5, 5.41) is 2.85. The predicted molar refractivity (Wildman–Crippen MR) is 87.1 cm³/mol. The van der Waals surface area contributed by atoms with Crippen LogP contribution in [-0.4, -0.2) is 19.6 Å². The number of aromatic amines is 1. The Balaban J connectivity index is 1.86. The zero-order valence-corrected chi connectivity index (χ0v) is 13.5. The molecule has 2 aromatic heterocycles. The van der Waals surface area contributed by atoms with Crippen molar-refractivity contribution in [2.45, 2.75) is 31.6 Å². The first-order chi connectivity index (χ1) is 10.7. The van der Waals surface area contributed by atoms with E-state index < -0.39 is 0 Å². The van der Waals surface area contributed by atoms with E-state index in [1.165, 1.54) is 17.3 Å². The Labute approximate surface area is 135 Å². The molecule has 1 aliphatic rings. The molecule has 3 aromatic rings. The second kappa shape index (κ2) is 5.35. The van der Waals surface area contributed by atoms with Crippen LogP contribution in [0.2, 0.25) is 0 Å². The van der Waals surface area contributed by atoms with Gasteiger partial charge >= 0.3 is 0 Å². The molecule has 0 spiro atoms. The van der Waals surface area contributed by atoms with Crippen molar-refractivity contribution in [2.75, 3.05) is 0 Å². The topological polar surface area (TPSA) is 63.0 Å². The highest BCUT2D eigenvalue weighted by Gasteiger charge is 2.26. The molecule has 0 unspecified atom stereocenters. The Kier molecular flexibility index (Phi) is 3.33. The van der Waals surface area contributed by atoms with E-state index in [0.29, 0.717) is 18.1 Å². The molecule has 112 valence electrons. The first-order valence-electron chi connectivity index (χ1n) is 7.42. The highest BCUT2D eigenvalue weighted by Crippen LogP contribution is 2.36. The molecule has 0 atom stereocenters. The fraction of sp³-hybridized carbons (Fsp3) is 0.312. The second-order valence-electron chi connectivity index (χ2n) is 5.74. The van der Waals surface area contributed by atoms with Gasteiger partial charge in [0.15, 0.2) is 0 Å². The monoisotopic (exact) mass is 358 g/mol. The van der Waals surface area contributed by atoms with Gasteiger partial charge in [-0.25, -0.2) is 9.97 Å². The van der Waals surface area contributed by atoms with E-state index in [-0.39, 0.29) is 5.56 Å². The van der Waals surface area contributed by atoms with Gasteiger partial charge in [0.1, 0.15) is 6.33 Å². The van der Waals surface area contributed by atoms with Crippen molar-refractivity contribution < 1.29 is 0 Å². The summed E-state index contributed by atoms with van der Waals surface area (Å²) in [7, 11) is 0. The van der Waals surface area contributed by atoms with Gasteiger partial charge in [-0.05, 0) is 30.5 Å². The maximum atomic E-state index is 12.8. The molecule has 1 N–H and O–H groups in total. The highest BCUT2D eigenvalue weighted by molar-refractivity contribution is 9.10. The molecule has 1 aliphatic carbocycles. The minimum Gasteiger partial charge on any atom is -0.278 e. The third kappa shape index (κ3) is 2.27. The number of nitrogens with zero attached hydrogens (tertiary/aromatic N) is 3. The summed E-state index contributed by atoms with van der Waals surface area (Å²) in [6, 6.07) is 8.06. The number of benzene rings is 1. The van der Waals surface area contributed by atoms with Crippen molar-refractivity contribution in [3.63, 3.8) is 0 Å². The fourth-order valence-corrected chi connectivity index (χ4v) is 3.39. The van der Waals surface area contributed by atoms with Gasteiger partial charge in [0.05, 0.1) is 5.69 Å². The number of H-pyrrole nitrogens is 1. The van der Waals surface area contributed by atoms with Crippen molar-refractivity contribution in [2.24, 2.45) is 0 Å². The molecule has 4 rings (SSSR count). The zero-order valence-electron chi connectivity index (χ0n) is 11.9. The van der Waals surface area contributed by atoms with Gasteiger partial charge in [-0.1, -0.05) is 34.5 Å². The van der Waals surface area contributed by atoms with Crippen LogP contribution in [0.15, 0.2) is 39.9 Å². The zero-order chi connectivity index (χ0) is 15.1. The lowest BCUT2D eigenvalue weighted by molar-refractivity contribution is 0.408. The largest absolute Gasteiger partial charge is 0.278 e. The normalized spacial score (nSPS) is 15.1. The van der Waals surface area contributed by atoms with Crippen LogP contribution in [-0.2, 0) is 6.42 Å². The number of rotatable bonds is 3. The minimum atomic E-state index is -0.0376. The van der Waals surface area contributed by atoms with Crippen LogP contribution in [0.4, 0.5) is 0 Å². The van der Waals surface area contributed by atoms with Crippen molar-refractivity contribution in [3.05, 3.63) is 62.2 Å². The fourth-order valence-electron chi connectivity index (χ4n) is 2.94. The molecule has 2 heterocycles. The number of aromatic nitrogens is 4. The Morgan fingerprint density at radius 3 is 2.95 bits per heavy atom. The van der Waals surface area contributed by atoms with Gasteiger partial charge in [-0.15, -0.1) is 0 Å². The van der Waals surface area contributed by atoms with E-state index in [4.69, 9.17) is 0 Å². The lowest BCUT2D eigenvalue weighted by atomic mass is 9.80. The smallest absolute Gasteiger partial charge is 0.277 e. The SMILES string of the molecule is O=c1c(Cc2cccc(Br)c2)c(C2CCC2)nc2nc[nH]n12. The van der Waals surface area contributed by atoms with Crippen molar-refractivity contribution in [1.29, 1.82) is 0 Å². The molecule has 22 heavy (non-hydrogen) atoms. The second-order valence-corrected chi connectivity index (χ2v) is 6.65. The first kappa shape index (κ1) is 13.7. The number of halogens is 1. The highest BCUT2D eigenvalue weighted by atomic mass is 79.9. The maximum Gasteiger partial charge on any atom is 0.277 e. The van der Waals surface area contributed by atoms with Gasteiger partial charge < -0.3 is 0 Å². The Morgan fingerprint density at radius 1 is 1.36 bits per heavy atom. The van der Waals surface area contributed by atoms with E-state index in [9.17, 15) is 4.79 Å². The minimum absolute atomic E-state index is 0.0376. The van der Waals surface area contributed by atoms with Gasteiger partial charge in [0, 0.05) is 22.4 Å².